The Kier molecular flexibility index (Phi) is 5.73. The summed E-state index contributed by atoms with van der Waals surface area (Å²) in [6.45, 7) is 2.27. The van der Waals surface area contributed by atoms with Crippen molar-refractivity contribution >= 4 is 22.4 Å². The molecule has 2 aromatic carbocycles. The average Bonchev–Trinajstić information content (AvgIpc) is 2.68. The zero-order valence-corrected chi connectivity index (χ0v) is 16.9. The minimum atomic E-state index is -0.590. The quantitative estimate of drug-likeness (QED) is 0.492. The third-order valence-corrected chi connectivity index (χ3v) is 7.53. The molecule has 4 atom stereocenters. The van der Waals surface area contributed by atoms with Gasteiger partial charge in [0.15, 0.2) is 5.82 Å². The molecule has 0 N–H and O–H groups in total. The van der Waals surface area contributed by atoms with E-state index < -0.39 is 11.6 Å². The van der Waals surface area contributed by atoms with Crippen molar-refractivity contribution in [2.45, 2.75) is 70.6 Å². The highest BCUT2D eigenvalue weighted by Crippen LogP contribution is 2.50. The van der Waals surface area contributed by atoms with Gasteiger partial charge >= 0.3 is 0 Å². The molecule has 0 aliphatic heterocycles. The molecule has 2 aromatic rings. The lowest BCUT2D eigenvalue weighted by Gasteiger charge is -2.42. The molecule has 4 unspecified atom stereocenters. The van der Waals surface area contributed by atoms with Crippen LogP contribution in [-0.2, 0) is 0 Å². The predicted octanol–water partition coefficient (Wildman–Crippen LogP) is 8.26. The highest BCUT2D eigenvalue weighted by atomic mass is 35.5. The lowest BCUT2D eigenvalue weighted by atomic mass is 9.63. The van der Waals surface area contributed by atoms with E-state index in [9.17, 15) is 8.78 Å². The molecule has 0 spiro atoms. The Hall–Kier alpha value is -1.15. The van der Waals surface area contributed by atoms with Crippen LogP contribution < -0.4 is 0 Å². The maximum atomic E-state index is 14.8. The van der Waals surface area contributed by atoms with Crippen molar-refractivity contribution in [3.8, 4) is 0 Å². The largest absolute Gasteiger partial charge is 0.206 e. The standard InChI is InChI=1S/C24H29ClF2/c1-2-3-5-15-8-9-17-13-18(11-10-16(17)12-15)20-14-19-6-4-7-21(26)22(19)24(27)23(20)25/h4,6-7,14-18H,2-3,5,8-13H2,1H3. The van der Waals surface area contributed by atoms with Crippen molar-refractivity contribution < 1.29 is 8.78 Å². The number of benzene rings is 2. The van der Waals surface area contributed by atoms with Crippen LogP contribution >= 0.6 is 11.6 Å². The topological polar surface area (TPSA) is 0 Å². The van der Waals surface area contributed by atoms with Crippen LogP contribution in [-0.4, -0.2) is 0 Å². The molecule has 2 saturated carbocycles. The number of hydrogen-bond acceptors (Lipinski definition) is 0. The first-order valence-electron chi connectivity index (χ1n) is 10.6. The van der Waals surface area contributed by atoms with Gasteiger partial charge in [-0.05, 0) is 78.9 Å². The zero-order chi connectivity index (χ0) is 19.0. The van der Waals surface area contributed by atoms with Gasteiger partial charge in [0.05, 0.1) is 10.4 Å². The molecule has 2 fully saturated rings. The van der Waals surface area contributed by atoms with Gasteiger partial charge in [0.2, 0.25) is 0 Å². The molecule has 0 nitrogen and oxygen atoms in total. The lowest BCUT2D eigenvalue weighted by Crippen LogP contribution is -2.30. The molecule has 0 aromatic heterocycles. The fourth-order valence-corrected chi connectivity index (χ4v) is 5.98. The van der Waals surface area contributed by atoms with Gasteiger partial charge in [-0.15, -0.1) is 0 Å². The fraction of sp³-hybridized carbons (Fsp3) is 0.583. The van der Waals surface area contributed by atoms with Crippen molar-refractivity contribution in [3.05, 3.63) is 46.5 Å². The first-order chi connectivity index (χ1) is 13.1. The number of unbranched alkanes of at least 4 members (excludes halogenated alkanes) is 1. The Morgan fingerprint density at radius 1 is 1.04 bits per heavy atom. The molecule has 27 heavy (non-hydrogen) atoms. The van der Waals surface area contributed by atoms with E-state index in [4.69, 9.17) is 11.6 Å². The molecule has 2 aliphatic rings. The SMILES string of the molecule is CCCCC1CCC2CC(c3cc4cccc(F)c4c(F)c3Cl)CCC2C1. The van der Waals surface area contributed by atoms with E-state index in [2.05, 4.69) is 6.92 Å². The van der Waals surface area contributed by atoms with Crippen molar-refractivity contribution in [3.63, 3.8) is 0 Å². The first-order valence-corrected chi connectivity index (χ1v) is 11.0. The molecule has 2 aliphatic carbocycles. The summed E-state index contributed by atoms with van der Waals surface area (Å²) in [5.74, 6) is 1.66. The summed E-state index contributed by atoms with van der Waals surface area (Å²) in [4.78, 5) is 0. The van der Waals surface area contributed by atoms with E-state index in [1.165, 1.54) is 51.0 Å². The van der Waals surface area contributed by atoms with Crippen molar-refractivity contribution in [2.24, 2.45) is 17.8 Å². The van der Waals surface area contributed by atoms with Gasteiger partial charge < -0.3 is 0 Å². The average molecular weight is 391 g/mol. The van der Waals surface area contributed by atoms with Crippen LogP contribution in [0.2, 0.25) is 5.02 Å². The molecule has 146 valence electrons. The summed E-state index contributed by atoms with van der Waals surface area (Å²) in [5, 5.41) is 0.779. The van der Waals surface area contributed by atoms with Crippen LogP contribution in [0.25, 0.3) is 10.8 Å². The molecule has 0 amide bonds. The van der Waals surface area contributed by atoms with Gasteiger partial charge in [0.25, 0.3) is 0 Å². The van der Waals surface area contributed by atoms with Gasteiger partial charge in [-0.2, -0.15) is 0 Å². The third kappa shape index (κ3) is 3.75. The van der Waals surface area contributed by atoms with Crippen LogP contribution in [0.5, 0.6) is 0 Å². The predicted molar refractivity (Wildman–Crippen MR) is 109 cm³/mol. The van der Waals surface area contributed by atoms with Crippen LogP contribution in [0.1, 0.15) is 76.2 Å². The molecule has 0 bridgehead atoms. The van der Waals surface area contributed by atoms with E-state index in [-0.39, 0.29) is 10.4 Å². The molecule has 4 rings (SSSR count). The molecule has 3 heteroatoms. The normalized spacial score (nSPS) is 28.3. The van der Waals surface area contributed by atoms with Gasteiger partial charge in [-0.3, -0.25) is 0 Å². The molecule has 0 radical (unpaired) electrons. The zero-order valence-electron chi connectivity index (χ0n) is 16.1. The fourth-order valence-electron chi connectivity index (χ4n) is 5.68. The van der Waals surface area contributed by atoms with Gasteiger partial charge in [0, 0.05) is 0 Å². The van der Waals surface area contributed by atoms with Gasteiger partial charge in [-0.1, -0.05) is 56.3 Å². The Balaban J connectivity index is 1.54. The Labute approximate surface area is 166 Å². The minimum absolute atomic E-state index is 0.0244. The molecular formula is C24H29ClF2. The first kappa shape index (κ1) is 19.2. The monoisotopic (exact) mass is 390 g/mol. The lowest BCUT2D eigenvalue weighted by molar-refractivity contribution is 0.113. The molecule has 0 heterocycles. The van der Waals surface area contributed by atoms with E-state index in [0.29, 0.717) is 11.3 Å². The van der Waals surface area contributed by atoms with Gasteiger partial charge in [-0.25, -0.2) is 8.78 Å². The Morgan fingerprint density at radius 2 is 1.81 bits per heavy atom. The summed E-state index contributed by atoms with van der Waals surface area (Å²) in [5.41, 5.74) is 0.888. The second kappa shape index (κ2) is 8.07. The van der Waals surface area contributed by atoms with E-state index in [0.717, 1.165) is 36.2 Å². The Morgan fingerprint density at radius 3 is 2.63 bits per heavy atom. The second-order valence-electron chi connectivity index (χ2n) is 8.78. The van der Waals surface area contributed by atoms with Crippen molar-refractivity contribution in [1.29, 1.82) is 0 Å². The molecular weight excluding hydrogens is 362 g/mol. The number of rotatable bonds is 4. The van der Waals surface area contributed by atoms with E-state index in [1.54, 1.807) is 12.1 Å². The molecule has 0 saturated heterocycles. The van der Waals surface area contributed by atoms with Crippen LogP contribution in [0, 0.1) is 29.4 Å². The minimum Gasteiger partial charge on any atom is -0.206 e. The van der Waals surface area contributed by atoms with Gasteiger partial charge in [0.1, 0.15) is 5.82 Å². The van der Waals surface area contributed by atoms with Crippen molar-refractivity contribution in [2.75, 3.05) is 0 Å². The highest BCUT2D eigenvalue weighted by molar-refractivity contribution is 6.32. The highest BCUT2D eigenvalue weighted by Gasteiger charge is 2.36. The number of halogens is 3. The summed E-state index contributed by atoms with van der Waals surface area (Å²) < 4.78 is 28.9. The van der Waals surface area contributed by atoms with Crippen molar-refractivity contribution in [1.82, 2.24) is 0 Å². The maximum Gasteiger partial charge on any atom is 0.152 e. The number of fused-ring (bicyclic) bond motifs is 2. The summed E-state index contributed by atoms with van der Waals surface area (Å²) in [7, 11) is 0. The Bertz CT molecular complexity index is 816. The number of hydrogen-bond donors (Lipinski definition) is 0. The smallest absolute Gasteiger partial charge is 0.152 e. The van der Waals surface area contributed by atoms with Crippen LogP contribution in [0.15, 0.2) is 24.3 Å². The third-order valence-electron chi connectivity index (χ3n) is 7.15. The second-order valence-corrected chi connectivity index (χ2v) is 9.16. The maximum absolute atomic E-state index is 14.8. The van der Waals surface area contributed by atoms with Crippen LogP contribution in [0.3, 0.4) is 0 Å². The van der Waals surface area contributed by atoms with E-state index in [1.807, 2.05) is 6.07 Å². The summed E-state index contributed by atoms with van der Waals surface area (Å²) in [6.07, 6.45) is 11.5. The van der Waals surface area contributed by atoms with Crippen LogP contribution in [0.4, 0.5) is 8.78 Å². The van der Waals surface area contributed by atoms with E-state index >= 15 is 0 Å². The summed E-state index contributed by atoms with van der Waals surface area (Å²) >= 11 is 6.39. The summed E-state index contributed by atoms with van der Waals surface area (Å²) in [6, 6.07) is 6.65.